The van der Waals surface area contributed by atoms with Crippen LogP contribution in [0.5, 0.6) is 0 Å². The van der Waals surface area contributed by atoms with Gasteiger partial charge in [-0.2, -0.15) is 0 Å². The van der Waals surface area contributed by atoms with E-state index in [1.54, 1.807) is 0 Å². The lowest BCUT2D eigenvalue weighted by Crippen LogP contribution is -2.40. The molecule has 0 unspecified atom stereocenters. The molecule has 0 saturated carbocycles. The summed E-state index contributed by atoms with van der Waals surface area (Å²) in [6, 6.07) is 17.2. The topological polar surface area (TPSA) is 45.5 Å². The molecular weight excluding hydrogens is 322 g/mol. The van der Waals surface area contributed by atoms with Crippen molar-refractivity contribution in [2.45, 2.75) is 19.5 Å². The van der Waals surface area contributed by atoms with Gasteiger partial charge >= 0.3 is 0 Å². The quantitative estimate of drug-likeness (QED) is 0.584. The van der Waals surface area contributed by atoms with Crippen LogP contribution in [0.25, 0.3) is 0 Å². The summed E-state index contributed by atoms with van der Waals surface area (Å²) in [7, 11) is 1.85. The first-order chi connectivity index (χ1) is 12.8. The van der Waals surface area contributed by atoms with E-state index in [0.717, 1.165) is 32.0 Å². The number of aliphatic imine (C=N–C) groups is 1. The number of aromatic nitrogens is 2. The number of hydrogen-bond acceptors (Lipinski definition) is 2. The van der Waals surface area contributed by atoms with Crippen LogP contribution in [0.2, 0.25) is 0 Å². The highest BCUT2D eigenvalue weighted by molar-refractivity contribution is 5.97. The zero-order valence-corrected chi connectivity index (χ0v) is 15.0. The number of benzene rings is 2. The lowest BCUT2D eigenvalue weighted by Gasteiger charge is -2.22. The summed E-state index contributed by atoms with van der Waals surface area (Å²) in [5.74, 6) is 0.926. The van der Waals surface area contributed by atoms with Crippen LogP contribution < -0.4 is 10.2 Å². The predicted octanol–water partition coefficient (Wildman–Crippen LogP) is 3.07. The van der Waals surface area contributed by atoms with Gasteiger partial charge in [-0.1, -0.05) is 42.5 Å². The summed E-state index contributed by atoms with van der Waals surface area (Å²) in [4.78, 5) is 10.9. The number of nitrogens with one attached hydrogen (secondary N) is 1. The van der Waals surface area contributed by atoms with Gasteiger partial charge in [0.15, 0.2) is 5.96 Å². The summed E-state index contributed by atoms with van der Waals surface area (Å²) in [6.45, 7) is 2.56. The van der Waals surface area contributed by atoms with Crippen molar-refractivity contribution in [3.63, 3.8) is 0 Å². The van der Waals surface area contributed by atoms with Crippen LogP contribution >= 0.6 is 0 Å². The molecule has 26 heavy (non-hydrogen) atoms. The van der Waals surface area contributed by atoms with E-state index in [-0.39, 0.29) is 0 Å². The number of nitrogens with zero attached hydrogens (tertiary/aromatic N) is 4. The summed E-state index contributed by atoms with van der Waals surface area (Å²) in [5, 5.41) is 3.51. The van der Waals surface area contributed by atoms with Crippen LogP contribution in [-0.2, 0) is 19.5 Å². The molecule has 2 heterocycles. The Kier molecular flexibility index (Phi) is 4.69. The number of rotatable bonds is 4. The van der Waals surface area contributed by atoms with Crippen LogP contribution in [0.1, 0.15) is 16.7 Å². The zero-order chi connectivity index (χ0) is 17.8. The molecule has 132 valence electrons. The number of para-hydroxylation sites is 1. The van der Waals surface area contributed by atoms with E-state index in [4.69, 9.17) is 0 Å². The number of fused-ring (bicyclic) bond motifs is 1. The van der Waals surface area contributed by atoms with Crippen LogP contribution in [0.3, 0.4) is 0 Å². The van der Waals surface area contributed by atoms with Gasteiger partial charge in [0.05, 0.1) is 6.33 Å². The molecule has 1 N–H and O–H groups in total. The molecule has 1 aromatic heterocycles. The van der Waals surface area contributed by atoms with Gasteiger partial charge in [-0.25, -0.2) is 4.98 Å². The second kappa shape index (κ2) is 7.44. The van der Waals surface area contributed by atoms with Crippen molar-refractivity contribution in [2.24, 2.45) is 4.99 Å². The Hall–Kier alpha value is -3.08. The van der Waals surface area contributed by atoms with Crippen molar-refractivity contribution in [3.05, 3.63) is 83.9 Å². The molecule has 0 fully saturated rings. The van der Waals surface area contributed by atoms with Crippen LogP contribution in [0, 0.1) is 0 Å². The second-order valence-corrected chi connectivity index (χ2v) is 6.49. The maximum Gasteiger partial charge on any atom is 0.198 e. The number of anilines is 1. The van der Waals surface area contributed by atoms with Gasteiger partial charge in [-0.05, 0) is 29.2 Å². The molecular formula is C21H23N5. The molecule has 5 nitrogen and oxygen atoms in total. The molecule has 0 spiro atoms. The molecule has 0 atom stereocenters. The van der Waals surface area contributed by atoms with Crippen molar-refractivity contribution >= 4 is 11.6 Å². The number of guanidine groups is 1. The third-order valence-corrected chi connectivity index (χ3v) is 4.72. The molecule has 0 radical (unpaired) electrons. The Morgan fingerprint density at radius 1 is 1.15 bits per heavy atom. The van der Waals surface area contributed by atoms with E-state index < -0.39 is 0 Å². The van der Waals surface area contributed by atoms with Crippen molar-refractivity contribution < 1.29 is 0 Å². The maximum absolute atomic E-state index is 4.49. The predicted molar refractivity (Wildman–Crippen MR) is 105 cm³/mol. The summed E-state index contributed by atoms with van der Waals surface area (Å²) in [6.07, 6.45) is 6.70. The monoisotopic (exact) mass is 345 g/mol. The highest BCUT2D eigenvalue weighted by Crippen LogP contribution is 2.27. The fraction of sp³-hybridized carbons (Fsp3) is 0.238. The van der Waals surface area contributed by atoms with Crippen LogP contribution in [0.4, 0.5) is 5.69 Å². The fourth-order valence-corrected chi connectivity index (χ4v) is 3.46. The Morgan fingerprint density at radius 3 is 2.88 bits per heavy atom. The van der Waals surface area contributed by atoms with Gasteiger partial charge in [0.1, 0.15) is 0 Å². The SMILES string of the molecule is CN=C(NCc1cccc(Cn2ccnc2)c1)N1CCc2ccccc21. The molecule has 1 aliphatic rings. The van der Waals surface area contributed by atoms with Gasteiger partial charge in [0.25, 0.3) is 0 Å². The van der Waals surface area contributed by atoms with Gasteiger partial charge in [0, 0.05) is 44.8 Å². The average Bonchev–Trinajstić information content (AvgIpc) is 3.33. The molecule has 4 rings (SSSR count). The first-order valence-electron chi connectivity index (χ1n) is 8.93. The molecule has 3 aromatic rings. The van der Waals surface area contributed by atoms with E-state index in [9.17, 15) is 0 Å². The maximum atomic E-state index is 4.49. The van der Waals surface area contributed by atoms with E-state index in [0.29, 0.717) is 0 Å². The van der Waals surface area contributed by atoms with Crippen LogP contribution in [-0.4, -0.2) is 29.1 Å². The lowest BCUT2D eigenvalue weighted by molar-refractivity contribution is 0.792. The van der Waals surface area contributed by atoms with Crippen molar-refractivity contribution in [1.29, 1.82) is 0 Å². The first kappa shape index (κ1) is 16.4. The van der Waals surface area contributed by atoms with Gasteiger partial charge in [-0.3, -0.25) is 4.99 Å². The summed E-state index contributed by atoms with van der Waals surface area (Å²) >= 11 is 0. The van der Waals surface area contributed by atoms with Gasteiger partial charge < -0.3 is 14.8 Å². The fourth-order valence-electron chi connectivity index (χ4n) is 3.46. The molecule has 0 saturated heterocycles. The lowest BCUT2D eigenvalue weighted by atomic mass is 10.1. The number of hydrogen-bond donors (Lipinski definition) is 1. The van der Waals surface area contributed by atoms with Crippen molar-refractivity contribution in [3.8, 4) is 0 Å². The number of imidazole rings is 1. The highest BCUT2D eigenvalue weighted by Gasteiger charge is 2.22. The Bertz CT molecular complexity index is 898. The summed E-state index contributed by atoms with van der Waals surface area (Å²) in [5.41, 5.74) is 5.16. The Balaban J connectivity index is 1.43. The van der Waals surface area contributed by atoms with Gasteiger partial charge in [0.2, 0.25) is 0 Å². The first-order valence-corrected chi connectivity index (χ1v) is 8.93. The second-order valence-electron chi connectivity index (χ2n) is 6.49. The minimum absolute atomic E-state index is 0.753. The molecule has 2 aromatic carbocycles. The summed E-state index contributed by atoms with van der Waals surface area (Å²) < 4.78 is 2.08. The molecule has 0 amide bonds. The van der Waals surface area contributed by atoms with Crippen LogP contribution in [0.15, 0.2) is 72.2 Å². The normalized spacial score (nSPS) is 13.7. The Labute approximate surface area is 154 Å². The molecule has 0 bridgehead atoms. The third kappa shape index (κ3) is 3.47. The smallest absolute Gasteiger partial charge is 0.198 e. The largest absolute Gasteiger partial charge is 0.352 e. The minimum atomic E-state index is 0.753. The van der Waals surface area contributed by atoms with Crippen molar-refractivity contribution in [1.82, 2.24) is 14.9 Å². The van der Waals surface area contributed by atoms with E-state index in [2.05, 4.69) is 73.3 Å². The zero-order valence-electron chi connectivity index (χ0n) is 15.0. The van der Waals surface area contributed by atoms with E-state index in [1.807, 2.05) is 25.8 Å². The highest BCUT2D eigenvalue weighted by atomic mass is 15.3. The Morgan fingerprint density at radius 2 is 2.04 bits per heavy atom. The average molecular weight is 345 g/mol. The van der Waals surface area contributed by atoms with Gasteiger partial charge in [-0.15, -0.1) is 0 Å². The minimum Gasteiger partial charge on any atom is -0.352 e. The van der Waals surface area contributed by atoms with E-state index in [1.165, 1.54) is 22.4 Å². The molecule has 1 aliphatic heterocycles. The molecule has 0 aliphatic carbocycles. The van der Waals surface area contributed by atoms with Crippen molar-refractivity contribution in [2.75, 3.05) is 18.5 Å². The standard InChI is InChI=1S/C21H23N5/c1-22-21(26-11-9-19-7-2-3-8-20(19)26)24-14-17-5-4-6-18(13-17)15-25-12-10-23-16-25/h2-8,10,12-13,16H,9,11,14-15H2,1H3,(H,22,24). The third-order valence-electron chi connectivity index (χ3n) is 4.72. The van der Waals surface area contributed by atoms with E-state index >= 15 is 0 Å². The molecule has 5 heteroatoms.